The number of carbonyl (C=O) groups is 1. The minimum Gasteiger partial charge on any atom is -0.496 e. The van der Waals surface area contributed by atoms with Crippen molar-refractivity contribution in [2.75, 3.05) is 30.8 Å². The van der Waals surface area contributed by atoms with Crippen LogP contribution >= 0.6 is 0 Å². The summed E-state index contributed by atoms with van der Waals surface area (Å²) in [6, 6.07) is 23.2. The Kier molecular flexibility index (Phi) is 10.7. The van der Waals surface area contributed by atoms with E-state index in [9.17, 15) is 18.3 Å². The van der Waals surface area contributed by atoms with Crippen molar-refractivity contribution in [3.05, 3.63) is 95.6 Å². The van der Waals surface area contributed by atoms with E-state index in [4.69, 9.17) is 4.74 Å². The molecule has 0 saturated heterocycles. The van der Waals surface area contributed by atoms with Crippen LogP contribution in [0.5, 0.6) is 5.75 Å². The van der Waals surface area contributed by atoms with Gasteiger partial charge in [0.05, 0.1) is 30.7 Å². The highest BCUT2D eigenvalue weighted by Crippen LogP contribution is 2.20. The Morgan fingerprint density at radius 2 is 1.74 bits per heavy atom. The standard InChI is InChI=1S/C29H37N3O5S/c1-4-17-38(35,36)32(2)25-15-10-14-23(19-25)29(34)31-26(18-22-11-6-5-7-12-22)27(33)21-30-20-24-13-8-9-16-28(24)37-3/h5-16,19,26-27,30,33H,4,17-18,20-21H2,1-3H3,(H,31,34)/t26-,27+/m0/s1. The van der Waals surface area contributed by atoms with E-state index >= 15 is 0 Å². The van der Waals surface area contributed by atoms with E-state index in [0.717, 1.165) is 16.9 Å². The number of methoxy groups -OCH3 is 1. The maximum atomic E-state index is 13.3. The third-order valence-electron chi connectivity index (χ3n) is 6.29. The molecule has 3 rings (SSSR count). The molecule has 0 aromatic heterocycles. The molecule has 0 bridgehead atoms. The predicted octanol–water partition coefficient (Wildman–Crippen LogP) is 3.36. The van der Waals surface area contributed by atoms with E-state index < -0.39 is 28.1 Å². The zero-order valence-corrected chi connectivity index (χ0v) is 22.9. The third-order valence-corrected chi connectivity index (χ3v) is 8.26. The number of hydrogen-bond acceptors (Lipinski definition) is 6. The number of carbonyl (C=O) groups excluding carboxylic acids is 1. The van der Waals surface area contributed by atoms with E-state index in [-0.39, 0.29) is 12.3 Å². The smallest absolute Gasteiger partial charge is 0.251 e. The SMILES string of the molecule is CCCS(=O)(=O)N(C)c1cccc(C(=O)N[C@@H](Cc2ccccc2)[C@H](O)CNCc2ccccc2OC)c1. The van der Waals surface area contributed by atoms with Crippen molar-refractivity contribution in [1.82, 2.24) is 10.6 Å². The van der Waals surface area contributed by atoms with Gasteiger partial charge in [-0.15, -0.1) is 0 Å². The van der Waals surface area contributed by atoms with Crippen molar-refractivity contribution < 1.29 is 23.1 Å². The molecule has 8 nitrogen and oxygen atoms in total. The van der Waals surface area contributed by atoms with Crippen molar-refractivity contribution >= 4 is 21.6 Å². The van der Waals surface area contributed by atoms with E-state index in [1.54, 1.807) is 38.3 Å². The highest BCUT2D eigenvalue weighted by atomic mass is 32.2. The van der Waals surface area contributed by atoms with Gasteiger partial charge in [0.25, 0.3) is 5.91 Å². The molecule has 0 saturated carbocycles. The van der Waals surface area contributed by atoms with Gasteiger partial charge in [0.15, 0.2) is 0 Å². The van der Waals surface area contributed by atoms with Gasteiger partial charge in [0.2, 0.25) is 10.0 Å². The average Bonchev–Trinajstić information content (AvgIpc) is 2.93. The maximum absolute atomic E-state index is 13.3. The lowest BCUT2D eigenvalue weighted by atomic mass is 10.00. The van der Waals surface area contributed by atoms with Crippen LogP contribution in [-0.4, -0.2) is 58.0 Å². The molecular weight excluding hydrogens is 502 g/mol. The number of amides is 1. The molecule has 0 heterocycles. The number of nitrogens with one attached hydrogen (secondary N) is 2. The number of para-hydroxylation sites is 1. The Morgan fingerprint density at radius 3 is 2.45 bits per heavy atom. The molecule has 0 aliphatic rings. The summed E-state index contributed by atoms with van der Waals surface area (Å²) < 4.78 is 31.6. The molecule has 3 aromatic carbocycles. The van der Waals surface area contributed by atoms with E-state index in [1.165, 1.54) is 11.4 Å². The Bertz CT molecular complexity index is 1280. The highest BCUT2D eigenvalue weighted by Gasteiger charge is 2.24. The quantitative estimate of drug-likeness (QED) is 0.290. The molecule has 0 aliphatic heterocycles. The Balaban J connectivity index is 1.73. The molecule has 3 N–H and O–H groups in total. The summed E-state index contributed by atoms with van der Waals surface area (Å²) in [6.45, 7) is 2.54. The highest BCUT2D eigenvalue weighted by molar-refractivity contribution is 7.92. The van der Waals surface area contributed by atoms with Crippen LogP contribution in [0.1, 0.15) is 34.8 Å². The summed E-state index contributed by atoms with van der Waals surface area (Å²) in [5, 5.41) is 17.3. The van der Waals surface area contributed by atoms with Crippen LogP contribution in [0.15, 0.2) is 78.9 Å². The van der Waals surface area contributed by atoms with Crippen LogP contribution in [-0.2, 0) is 23.0 Å². The monoisotopic (exact) mass is 539 g/mol. The second kappa shape index (κ2) is 13.9. The molecule has 0 spiro atoms. The zero-order valence-electron chi connectivity index (χ0n) is 22.1. The second-order valence-electron chi connectivity index (χ2n) is 9.11. The Labute approximate surface area is 225 Å². The first-order valence-electron chi connectivity index (χ1n) is 12.7. The van der Waals surface area contributed by atoms with Gasteiger partial charge in [-0.1, -0.05) is 61.5 Å². The van der Waals surface area contributed by atoms with Crippen molar-refractivity contribution in [2.24, 2.45) is 0 Å². The first-order valence-corrected chi connectivity index (χ1v) is 14.3. The summed E-state index contributed by atoms with van der Waals surface area (Å²) >= 11 is 0. The molecular formula is C29H37N3O5S. The summed E-state index contributed by atoms with van der Waals surface area (Å²) in [7, 11) is -0.377. The van der Waals surface area contributed by atoms with Crippen molar-refractivity contribution in [3.8, 4) is 5.75 Å². The van der Waals surface area contributed by atoms with Crippen molar-refractivity contribution in [3.63, 3.8) is 0 Å². The summed E-state index contributed by atoms with van der Waals surface area (Å²) in [4.78, 5) is 13.3. The van der Waals surface area contributed by atoms with Crippen molar-refractivity contribution in [1.29, 1.82) is 0 Å². The first kappa shape index (κ1) is 29.2. The number of ether oxygens (including phenoxy) is 1. The number of aliphatic hydroxyl groups excluding tert-OH is 1. The van der Waals surface area contributed by atoms with Crippen LogP contribution in [0, 0.1) is 0 Å². The number of rotatable bonds is 14. The summed E-state index contributed by atoms with van der Waals surface area (Å²) in [5.74, 6) is 0.389. The number of anilines is 1. The average molecular weight is 540 g/mol. The molecule has 9 heteroatoms. The third kappa shape index (κ3) is 8.05. The number of sulfonamides is 1. The lowest BCUT2D eigenvalue weighted by molar-refractivity contribution is 0.0830. The lowest BCUT2D eigenvalue weighted by Crippen LogP contribution is -2.48. The fourth-order valence-corrected chi connectivity index (χ4v) is 5.37. The summed E-state index contributed by atoms with van der Waals surface area (Å²) in [5.41, 5.74) is 2.66. The van der Waals surface area contributed by atoms with Gasteiger partial charge in [-0.3, -0.25) is 9.10 Å². The second-order valence-corrected chi connectivity index (χ2v) is 11.2. The van der Waals surface area contributed by atoms with E-state index in [2.05, 4.69) is 10.6 Å². The fraction of sp³-hybridized carbons (Fsp3) is 0.345. The number of aliphatic hydroxyl groups is 1. The van der Waals surface area contributed by atoms with E-state index in [0.29, 0.717) is 30.6 Å². The largest absolute Gasteiger partial charge is 0.496 e. The topological polar surface area (TPSA) is 108 Å². The van der Waals surface area contributed by atoms with Crippen LogP contribution in [0.3, 0.4) is 0 Å². The van der Waals surface area contributed by atoms with Gasteiger partial charge in [0.1, 0.15) is 5.75 Å². The predicted molar refractivity (Wildman–Crippen MR) is 151 cm³/mol. The van der Waals surface area contributed by atoms with Crippen molar-refractivity contribution in [2.45, 2.75) is 38.5 Å². The van der Waals surface area contributed by atoms with Crippen LogP contribution in [0.2, 0.25) is 0 Å². The molecule has 3 aromatic rings. The first-order chi connectivity index (χ1) is 18.2. The molecule has 204 valence electrons. The molecule has 0 aliphatic carbocycles. The minimum atomic E-state index is -3.48. The van der Waals surface area contributed by atoms with Gasteiger partial charge in [-0.05, 0) is 42.7 Å². The normalized spacial score (nSPS) is 12.9. The van der Waals surface area contributed by atoms with Crippen LogP contribution < -0.4 is 19.7 Å². The fourth-order valence-electron chi connectivity index (χ4n) is 4.15. The van der Waals surface area contributed by atoms with Gasteiger partial charge >= 0.3 is 0 Å². The molecule has 1 amide bonds. The van der Waals surface area contributed by atoms with Crippen LogP contribution in [0.4, 0.5) is 5.69 Å². The minimum absolute atomic E-state index is 0.0210. The number of benzene rings is 3. The molecule has 0 unspecified atom stereocenters. The van der Waals surface area contributed by atoms with Gasteiger partial charge < -0.3 is 20.5 Å². The molecule has 38 heavy (non-hydrogen) atoms. The van der Waals surface area contributed by atoms with E-state index in [1.807, 2.05) is 54.6 Å². The number of hydrogen-bond donors (Lipinski definition) is 3. The number of nitrogens with zero attached hydrogens (tertiary/aromatic N) is 1. The van der Waals surface area contributed by atoms with Gasteiger partial charge in [-0.25, -0.2) is 8.42 Å². The van der Waals surface area contributed by atoms with Gasteiger partial charge in [-0.2, -0.15) is 0 Å². The Morgan fingerprint density at radius 1 is 1.03 bits per heavy atom. The Hall–Kier alpha value is -3.40. The lowest BCUT2D eigenvalue weighted by Gasteiger charge is -2.25. The molecule has 2 atom stereocenters. The van der Waals surface area contributed by atoms with Gasteiger partial charge in [0, 0.05) is 31.3 Å². The maximum Gasteiger partial charge on any atom is 0.251 e. The zero-order chi connectivity index (χ0) is 27.5. The van der Waals surface area contributed by atoms with Crippen LogP contribution in [0.25, 0.3) is 0 Å². The molecule has 0 fully saturated rings. The molecule has 0 radical (unpaired) electrons. The summed E-state index contributed by atoms with van der Waals surface area (Å²) in [6.07, 6.45) is 0.0376.